The van der Waals surface area contributed by atoms with E-state index in [4.69, 9.17) is 5.73 Å². The Labute approximate surface area is 101 Å². The quantitative estimate of drug-likeness (QED) is 0.862. The van der Waals surface area contributed by atoms with Gasteiger partial charge in [0.15, 0.2) is 0 Å². The molecule has 1 aromatic heterocycles. The van der Waals surface area contributed by atoms with Crippen molar-refractivity contribution in [2.24, 2.45) is 5.73 Å². The summed E-state index contributed by atoms with van der Waals surface area (Å²) in [5.74, 6) is -0.356. The Bertz CT molecular complexity index is 538. The van der Waals surface area contributed by atoms with E-state index in [1.165, 1.54) is 0 Å². The number of amides is 1. The number of carbonyl (C=O) groups is 1. The van der Waals surface area contributed by atoms with Gasteiger partial charge in [-0.15, -0.1) is 0 Å². The molecule has 1 aromatic carbocycles. The molecule has 0 aliphatic carbocycles. The van der Waals surface area contributed by atoms with Gasteiger partial charge in [-0.3, -0.25) is 4.79 Å². The van der Waals surface area contributed by atoms with Crippen molar-refractivity contribution >= 4 is 16.8 Å². The maximum atomic E-state index is 11.4. The van der Waals surface area contributed by atoms with E-state index in [1.54, 1.807) is 0 Å². The van der Waals surface area contributed by atoms with Gasteiger partial charge in [0.1, 0.15) is 0 Å². The number of nitrogens with zero attached hydrogens (tertiary/aromatic N) is 1. The SMILES string of the molecule is CCC(CC)n1cc(C(N)=O)c2ccccc21. The van der Waals surface area contributed by atoms with Crippen LogP contribution in [0.3, 0.4) is 0 Å². The number of carbonyl (C=O) groups excluding carboxylic acids is 1. The van der Waals surface area contributed by atoms with E-state index in [9.17, 15) is 4.79 Å². The molecule has 0 aliphatic heterocycles. The van der Waals surface area contributed by atoms with Crippen LogP contribution < -0.4 is 5.73 Å². The monoisotopic (exact) mass is 230 g/mol. The van der Waals surface area contributed by atoms with E-state index in [-0.39, 0.29) is 5.91 Å². The molecule has 0 fully saturated rings. The van der Waals surface area contributed by atoms with Crippen molar-refractivity contribution in [2.75, 3.05) is 0 Å². The predicted molar refractivity (Wildman–Crippen MR) is 70.1 cm³/mol. The van der Waals surface area contributed by atoms with Crippen LogP contribution in [-0.4, -0.2) is 10.5 Å². The largest absolute Gasteiger partial charge is 0.366 e. The predicted octanol–water partition coefficient (Wildman–Crippen LogP) is 3.10. The summed E-state index contributed by atoms with van der Waals surface area (Å²) in [6, 6.07) is 8.35. The highest BCUT2D eigenvalue weighted by molar-refractivity contribution is 6.06. The Kier molecular flexibility index (Phi) is 3.18. The van der Waals surface area contributed by atoms with Gasteiger partial charge < -0.3 is 10.3 Å². The molecular formula is C14H18N2O. The van der Waals surface area contributed by atoms with Crippen LogP contribution in [-0.2, 0) is 0 Å². The van der Waals surface area contributed by atoms with Gasteiger partial charge in [-0.2, -0.15) is 0 Å². The van der Waals surface area contributed by atoms with Crippen LogP contribution in [0.15, 0.2) is 30.5 Å². The number of hydrogen-bond acceptors (Lipinski definition) is 1. The number of benzene rings is 1. The van der Waals surface area contributed by atoms with Gasteiger partial charge in [-0.1, -0.05) is 32.0 Å². The van der Waals surface area contributed by atoms with E-state index in [2.05, 4.69) is 18.4 Å². The number of nitrogens with two attached hydrogens (primary N) is 1. The van der Waals surface area contributed by atoms with Gasteiger partial charge in [0.05, 0.1) is 5.56 Å². The summed E-state index contributed by atoms with van der Waals surface area (Å²) < 4.78 is 2.18. The molecule has 2 N–H and O–H groups in total. The third kappa shape index (κ3) is 1.93. The Morgan fingerprint density at radius 3 is 2.53 bits per heavy atom. The lowest BCUT2D eigenvalue weighted by atomic mass is 10.1. The topological polar surface area (TPSA) is 48.0 Å². The first kappa shape index (κ1) is 11.7. The zero-order chi connectivity index (χ0) is 12.4. The van der Waals surface area contributed by atoms with Crippen molar-refractivity contribution in [3.8, 4) is 0 Å². The number of rotatable bonds is 4. The third-order valence-electron chi connectivity index (χ3n) is 3.34. The minimum absolute atomic E-state index is 0.356. The first-order chi connectivity index (χ1) is 8.19. The Morgan fingerprint density at radius 2 is 1.94 bits per heavy atom. The highest BCUT2D eigenvalue weighted by Crippen LogP contribution is 2.27. The van der Waals surface area contributed by atoms with Crippen LogP contribution in [0.2, 0.25) is 0 Å². The maximum Gasteiger partial charge on any atom is 0.250 e. The summed E-state index contributed by atoms with van der Waals surface area (Å²) in [4.78, 5) is 11.4. The second-order valence-corrected chi connectivity index (χ2v) is 4.30. The number of aromatic nitrogens is 1. The van der Waals surface area contributed by atoms with Crippen molar-refractivity contribution in [1.82, 2.24) is 4.57 Å². The van der Waals surface area contributed by atoms with Gasteiger partial charge in [0.25, 0.3) is 5.91 Å². The highest BCUT2D eigenvalue weighted by atomic mass is 16.1. The van der Waals surface area contributed by atoms with Gasteiger partial charge in [0.2, 0.25) is 0 Å². The molecule has 3 heteroatoms. The molecule has 0 radical (unpaired) electrons. The Balaban J connectivity index is 2.68. The minimum atomic E-state index is -0.356. The number of fused-ring (bicyclic) bond motifs is 1. The average Bonchev–Trinajstić information content (AvgIpc) is 2.71. The fourth-order valence-corrected chi connectivity index (χ4v) is 2.39. The maximum absolute atomic E-state index is 11.4. The fourth-order valence-electron chi connectivity index (χ4n) is 2.39. The molecule has 1 amide bonds. The molecule has 0 saturated heterocycles. The summed E-state index contributed by atoms with van der Waals surface area (Å²) in [6.45, 7) is 4.32. The molecule has 0 spiro atoms. The van der Waals surface area contributed by atoms with Crippen LogP contribution in [0.25, 0.3) is 10.9 Å². The van der Waals surface area contributed by atoms with E-state index in [1.807, 2.05) is 30.5 Å². The molecule has 17 heavy (non-hydrogen) atoms. The molecule has 1 heterocycles. The van der Waals surface area contributed by atoms with Gasteiger partial charge in [-0.25, -0.2) is 0 Å². The van der Waals surface area contributed by atoms with Crippen LogP contribution in [0.5, 0.6) is 0 Å². The molecule has 2 rings (SSSR count). The standard InChI is InChI=1S/C14H18N2O/c1-3-10(4-2)16-9-12(14(15)17)11-7-5-6-8-13(11)16/h5-10H,3-4H2,1-2H3,(H2,15,17). The minimum Gasteiger partial charge on any atom is -0.366 e. The molecule has 2 aromatic rings. The van der Waals surface area contributed by atoms with E-state index < -0.39 is 0 Å². The Hall–Kier alpha value is -1.77. The average molecular weight is 230 g/mol. The van der Waals surface area contributed by atoms with Crippen molar-refractivity contribution in [1.29, 1.82) is 0 Å². The molecule has 0 saturated carbocycles. The third-order valence-corrected chi connectivity index (χ3v) is 3.34. The van der Waals surface area contributed by atoms with Crippen LogP contribution in [0.4, 0.5) is 0 Å². The number of primary amides is 1. The molecule has 90 valence electrons. The summed E-state index contributed by atoms with van der Waals surface area (Å²) in [7, 11) is 0. The molecule has 0 bridgehead atoms. The molecule has 0 aliphatic rings. The van der Waals surface area contributed by atoms with Gasteiger partial charge in [0, 0.05) is 23.1 Å². The summed E-state index contributed by atoms with van der Waals surface area (Å²) in [6.07, 6.45) is 3.99. The van der Waals surface area contributed by atoms with Crippen molar-refractivity contribution in [3.63, 3.8) is 0 Å². The molecule has 3 nitrogen and oxygen atoms in total. The lowest BCUT2D eigenvalue weighted by Gasteiger charge is -2.16. The fraction of sp³-hybridized carbons (Fsp3) is 0.357. The van der Waals surface area contributed by atoms with Crippen LogP contribution in [0.1, 0.15) is 43.1 Å². The second kappa shape index (κ2) is 4.62. The summed E-state index contributed by atoms with van der Waals surface area (Å²) in [5, 5.41) is 0.951. The second-order valence-electron chi connectivity index (χ2n) is 4.30. The first-order valence-corrected chi connectivity index (χ1v) is 6.08. The molecule has 0 atom stereocenters. The molecular weight excluding hydrogens is 212 g/mol. The van der Waals surface area contributed by atoms with E-state index >= 15 is 0 Å². The van der Waals surface area contributed by atoms with Crippen molar-refractivity contribution < 1.29 is 4.79 Å². The zero-order valence-electron chi connectivity index (χ0n) is 10.3. The smallest absolute Gasteiger partial charge is 0.250 e. The zero-order valence-corrected chi connectivity index (χ0v) is 10.3. The van der Waals surface area contributed by atoms with Crippen LogP contribution >= 0.6 is 0 Å². The highest BCUT2D eigenvalue weighted by Gasteiger charge is 2.15. The van der Waals surface area contributed by atoms with Gasteiger partial charge in [-0.05, 0) is 18.9 Å². The molecule has 0 unspecified atom stereocenters. The summed E-state index contributed by atoms with van der Waals surface area (Å²) in [5.41, 5.74) is 7.13. The number of hydrogen-bond donors (Lipinski definition) is 1. The lowest BCUT2D eigenvalue weighted by Crippen LogP contribution is -2.10. The lowest BCUT2D eigenvalue weighted by molar-refractivity contribution is 0.100. The normalized spacial score (nSPS) is 11.2. The first-order valence-electron chi connectivity index (χ1n) is 6.08. The van der Waals surface area contributed by atoms with Gasteiger partial charge >= 0.3 is 0 Å². The van der Waals surface area contributed by atoms with Crippen molar-refractivity contribution in [2.45, 2.75) is 32.7 Å². The summed E-state index contributed by atoms with van der Waals surface area (Å²) >= 11 is 0. The number of para-hydroxylation sites is 1. The van der Waals surface area contributed by atoms with Crippen LogP contribution in [0, 0.1) is 0 Å². The Morgan fingerprint density at radius 1 is 1.29 bits per heavy atom. The van der Waals surface area contributed by atoms with E-state index in [0.717, 1.165) is 23.7 Å². The van der Waals surface area contributed by atoms with E-state index in [0.29, 0.717) is 11.6 Å². The van der Waals surface area contributed by atoms with Crippen molar-refractivity contribution in [3.05, 3.63) is 36.0 Å².